The van der Waals surface area contributed by atoms with E-state index in [-0.39, 0.29) is 5.56 Å². The van der Waals surface area contributed by atoms with Gasteiger partial charge in [-0.15, -0.1) is 0 Å². The lowest BCUT2D eigenvalue weighted by molar-refractivity contribution is 0.189. The first kappa shape index (κ1) is 21.4. The number of hydrogen-bond acceptors (Lipinski definition) is 4. The van der Waals surface area contributed by atoms with Crippen LogP contribution in [0.4, 0.5) is 0 Å². The van der Waals surface area contributed by atoms with Crippen LogP contribution < -0.4 is 5.56 Å². The number of aryl methyl sites for hydroxylation is 2. The van der Waals surface area contributed by atoms with E-state index in [2.05, 4.69) is 43.3 Å². The minimum atomic E-state index is -0.00260. The van der Waals surface area contributed by atoms with Crippen molar-refractivity contribution in [1.29, 1.82) is 0 Å². The van der Waals surface area contributed by atoms with E-state index in [4.69, 9.17) is 9.72 Å². The smallest absolute Gasteiger partial charge is 0.278 e. The highest BCUT2D eigenvalue weighted by atomic mass is 32.2. The highest BCUT2D eigenvalue weighted by Crippen LogP contribution is 2.30. The van der Waals surface area contributed by atoms with Gasteiger partial charge in [-0.2, -0.15) is 0 Å². The summed E-state index contributed by atoms with van der Waals surface area (Å²) >= 11 is 1.61. The number of ether oxygens (including phenoxy) is 1. The number of hydrogen-bond donors (Lipinski definition) is 0. The Hall–Kier alpha value is -2.83. The summed E-state index contributed by atoms with van der Waals surface area (Å²) in [6, 6.07) is 18.6. The second-order valence-electron chi connectivity index (χ2n) is 7.69. The summed E-state index contributed by atoms with van der Waals surface area (Å²) in [6.45, 7) is 3.27. The van der Waals surface area contributed by atoms with Crippen LogP contribution in [0.3, 0.4) is 0 Å². The summed E-state index contributed by atoms with van der Waals surface area (Å²) in [6.07, 6.45) is 2.76. The van der Waals surface area contributed by atoms with Gasteiger partial charge in [-0.3, -0.25) is 9.36 Å². The van der Waals surface area contributed by atoms with Crippen LogP contribution in [0.15, 0.2) is 70.7 Å². The number of aromatic nitrogens is 3. The maximum atomic E-state index is 13.5. The van der Waals surface area contributed by atoms with Crippen LogP contribution in [0.25, 0.3) is 22.2 Å². The molecule has 0 saturated carbocycles. The predicted octanol–water partition coefficient (Wildman–Crippen LogP) is 5.04. The molecule has 4 aromatic rings. The number of benzene rings is 2. The molecule has 2 heterocycles. The van der Waals surface area contributed by atoms with Gasteiger partial charge in [0, 0.05) is 44.8 Å². The molecule has 0 spiro atoms. The van der Waals surface area contributed by atoms with Crippen molar-refractivity contribution in [2.75, 3.05) is 13.7 Å². The van der Waals surface area contributed by atoms with Crippen molar-refractivity contribution < 1.29 is 4.74 Å². The Morgan fingerprint density at radius 3 is 2.52 bits per heavy atom. The highest BCUT2D eigenvalue weighted by Gasteiger charge is 2.18. The minimum Gasteiger partial charge on any atom is -0.385 e. The lowest BCUT2D eigenvalue weighted by Crippen LogP contribution is -2.25. The monoisotopic (exact) mass is 433 g/mol. The molecule has 160 valence electrons. The standard InChI is InChI=1S/C25H27N3O2S/c1-18-10-12-19(13-11-18)17-31-25-26-22-21(20-8-5-4-6-9-20)16-27(2)23(22)24(29)28(25)14-7-15-30-3/h4-6,8-13,16H,7,14-15,17H2,1-3H3. The van der Waals surface area contributed by atoms with Crippen molar-refractivity contribution in [2.45, 2.75) is 30.8 Å². The molecule has 0 aliphatic carbocycles. The molecule has 5 nitrogen and oxygen atoms in total. The van der Waals surface area contributed by atoms with Crippen LogP contribution >= 0.6 is 11.8 Å². The highest BCUT2D eigenvalue weighted by molar-refractivity contribution is 7.98. The van der Waals surface area contributed by atoms with Gasteiger partial charge in [0.1, 0.15) is 11.0 Å². The molecule has 0 amide bonds. The van der Waals surface area contributed by atoms with Gasteiger partial charge in [0.2, 0.25) is 0 Å². The van der Waals surface area contributed by atoms with Crippen molar-refractivity contribution in [2.24, 2.45) is 7.05 Å². The summed E-state index contributed by atoms with van der Waals surface area (Å²) < 4.78 is 8.91. The summed E-state index contributed by atoms with van der Waals surface area (Å²) in [5.74, 6) is 0.760. The van der Waals surface area contributed by atoms with Crippen molar-refractivity contribution >= 4 is 22.8 Å². The van der Waals surface area contributed by atoms with Crippen LogP contribution in [0.5, 0.6) is 0 Å². The lowest BCUT2D eigenvalue weighted by Gasteiger charge is -2.13. The number of thioether (sulfide) groups is 1. The molecule has 0 aliphatic heterocycles. The Bertz CT molecular complexity index is 1230. The van der Waals surface area contributed by atoms with Crippen LogP contribution in [-0.4, -0.2) is 27.8 Å². The lowest BCUT2D eigenvalue weighted by atomic mass is 10.1. The molecular formula is C25H27N3O2S. The van der Waals surface area contributed by atoms with Gasteiger partial charge in [-0.1, -0.05) is 71.9 Å². The Kier molecular flexibility index (Phi) is 6.59. The zero-order chi connectivity index (χ0) is 21.8. The molecule has 0 bridgehead atoms. The molecule has 0 N–H and O–H groups in total. The molecule has 0 radical (unpaired) electrons. The molecule has 0 unspecified atom stereocenters. The van der Waals surface area contributed by atoms with Gasteiger partial charge < -0.3 is 9.30 Å². The van der Waals surface area contributed by atoms with E-state index >= 15 is 0 Å². The average molecular weight is 434 g/mol. The molecule has 0 aliphatic rings. The number of nitrogens with zero attached hydrogens (tertiary/aromatic N) is 3. The SMILES string of the molecule is COCCCn1c(SCc2ccc(C)cc2)nc2c(-c3ccccc3)cn(C)c2c1=O. The van der Waals surface area contributed by atoms with Crippen LogP contribution in [0.1, 0.15) is 17.5 Å². The maximum absolute atomic E-state index is 13.5. The number of fused-ring (bicyclic) bond motifs is 1. The molecule has 0 saturated heterocycles. The molecular weight excluding hydrogens is 406 g/mol. The van der Waals surface area contributed by atoms with Gasteiger partial charge in [0.25, 0.3) is 5.56 Å². The maximum Gasteiger partial charge on any atom is 0.278 e. The first-order valence-electron chi connectivity index (χ1n) is 10.4. The van der Waals surface area contributed by atoms with Crippen LogP contribution in [0.2, 0.25) is 0 Å². The third kappa shape index (κ3) is 4.60. The summed E-state index contributed by atoms with van der Waals surface area (Å²) in [5.41, 5.74) is 5.88. The van der Waals surface area contributed by atoms with Gasteiger partial charge >= 0.3 is 0 Å². The van der Waals surface area contributed by atoms with Crippen LogP contribution in [-0.2, 0) is 24.1 Å². The third-order valence-corrected chi connectivity index (χ3v) is 6.39. The fourth-order valence-electron chi connectivity index (χ4n) is 3.69. The van der Waals surface area contributed by atoms with E-state index in [1.165, 1.54) is 11.1 Å². The van der Waals surface area contributed by atoms with E-state index in [9.17, 15) is 4.79 Å². The Labute approximate surface area is 186 Å². The van der Waals surface area contributed by atoms with E-state index in [0.717, 1.165) is 34.0 Å². The quantitative estimate of drug-likeness (QED) is 0.222. The van der Waals surface area contributed by atoms with E-state index in [0.29, 0.717) is 18.7 Å². The fourth-order valence-corrected chi connectivity index (χ4v) is 4.66. The zero-order valence-corrected chi connectivity index (χ0v) is 19.0. The molecule has 2 aromatic carbocycles. The van der Waals surface area contributed by atoms with E-state index < -0.39 is 0 Å². The number of rotatable bonds is 8. The van der Waals surface area contributed by atoms with Gasteiger partial charge in [0.15, 0.2) is 5.16 Å². The first-order chi connectivity index (χ1) is 15.1. The van der Waals surface area contributed by atoms with E-state index in [1.807, 2.05) is 36.0 Å². The minimum absolute atomic E-state index is 0.00260. The average Bonchev–Trinajstić information content (AvgIpc) is 3.12. The predicted molar refractivity (Wildman–Crippen MR) is 128 cm³/mol. The zero-order valence-electron chi connectivity index (χ0n) is 18.2. The van der Waals surface area contributed by atoms with Crippen molar-refractivity contribution in [3.8, 4) is 11.1 Å². The molecule has 31 heavy (non-hydrogen) atoms. The topological polar surface area (TPSA) is 49.0 Å². The normalized spacial score (nSPS) is 11.3. The van der Waals surface area contributed by atoms with Crippen molar-refractivity contribution in [3.05, 3.63) is 82.3 Å². The summed E-state index contributed by atoms with van der Waals surface area (Å²) in [7, 11) is 3.59. The van der Waals surface area contributed by atoms with Gasteiger partial charge in [-0.25, -0.2) is 4.98 Å². The first-order valence-corrected chi connectivity index (χ1v) is 11.4. The molecule has 6 heteroatoms. The van der Waals surface area contributed by atoms with Crippen molar-refractivity contribution in [3.63, 3.8) is 0 Å². The van der Waals surface area contributed by atoms with Gasteiger partial charge in [-0.05, 0) is 24.5 Å². The Morgan fingerprint density at radius 1 is 1.06 bits per heavy atom. The molecule has 2 aromatic heterocycles. The fraction of sp³-hybridized carbons (Fsp3) is 0.280. The largest absolute Gasteiger partial charge is 0.385 e. The second-order valence-corrected chi connectivity index (χ2v) is 8.63. The van der Waals surface area contributed by atoms with Crippen LogP contribution in [0, 0.1) is 6.92 Å². The van der Waals surface area contributed by atoms with Gasteiger partial charge in [0.05, 0.1) is 0 Å². The molecule has 0 fully saturated rings. The Balaban J connectivity index is 1.79. The van der Waals surface area contributed by atoms with E-state index in [1.54, 1.807) is 23.4 Å². The number of methoxy groups -OCH3 is 1. The van der Waals surface area contributed by atoms with Crippen molar-refractivity contribution in [1.82, 2.24) is 14.1 Å². The second kappa shape index (κ2) is 9.54. The third-order valence-electron chi connectivity index (χ3n) is 5.34. The molecule has 0 atom stereocenters. The Morgan fingerprint density at radius 2 is 1.81 bits per heavy atom. The molecule has 4 rings (SSSR count). The summed E-state index contributed by atoms with van der Waals surface area (Å²) in [5, 5.41) is 0.748. The summed E-state index contributed by atoms with van der Waals surface area (Å²) in [4.78, 5) is 18.5.